The topological polar surface area (TPSA) is 75.0 Å². The first-order valence-electron chi connectivity index (χ1n) is 11.0. The van der Waals surface area contributed by atoms with Gasteiger partial charge in [0.15, 0.2) is 0 Å². The third-order valence-electron chi connectivity index (χ3n) is 5.94. The molecule has 176 valence electrons. The van der Waals surface area contributed by atoms with Crippen LogP contribution in [0.15, 0.2) is 65.9 Å². The van der Waals surface area contributed by atoms with Gasteiger partial charge in [0.25, 0.3) is 5.91 Å². The standard InChI is InChI=1S/C26H25F2N3O3/c1-17-14-20(8-9-29-17)25(30-33)16-23(22-7-6-21(27)15-24(22)28)18-2-4-19(5-3-18)26(32)31-10-12-34-13-11-31/h2-9,14-15,23,33H,10-13,16H2,1H3/b30-25-. The molecular formula is C26H25F2N3O3. The summed E-state index contributed by atoms with van der Waals surface area (Å²) in [7, 11) is 0. The van der Waals surface area contributed by atoms with Gasteiger partial charge >= 0.3 is 0 Å². The molecule has 1 unspecified atom stereocenters. The first kappa shape index (κ1) is 23.5. The van der Waals surface area contributed by atoms with Crippen molar-refractivity contribution in [2.45, 2.75) is 19.3 Å². The zero-order valence-corrected chi connectivity index (χ0v) is 18.7. The maximum atomic E-state index is 14.8. The number of ether oxygens (including phenoxy) is 1. The van der Waals surface area contributed by atoms with E-state index in [4.69, 9.17) is 4.74 Å². The molecule has 0 spiro atoms. The van der Waals surface area contributed by atoms with Gasteiger partial charge in [-0.3, -0.25) is 9.78 Å². The Balaban J connectivity index is 1.67. The van der Waals surface area contributed by atoms with Crippen molar-refractivity contribution in [3.05, 3.63) is 100 Å². The van der Waals surface area contributed by atoms with Gasteiger partial charge in [0.1, 0.15) is 11.6 Å². The first-order valence-corrected chi connectivity index (χ1v) is 11.0. The highest BCUT2D eigenvalue weighted by Crippen LogP contribution is 2.32. The highest BCUT2D eigenvalue weighted by molar-refractivity contribution is 6.01. The fourth-order valence-electron chi connectivity index (χ4n) is 4.13. The van der Waals surface area contributed by atoms with Gasteiger partial charge in [-0.1, -0.05) is 23.4 Å². The maximum Gasteiger partial charge on any atom is 0.254 e. The maximum absolute atomic E-state index is 14.8. The van der Waals surface area contributed by atoms with Crippen molar-refractivity contribution in [3.63, 3.8) is 0 Å². The van der Waals surface area contributed by atoms with Gasteiger partial charge < -0.3 is 14.8 Å². The van der Waals surface area contributed by atoms with Crippen LogP contribution in [-0.4, -0.2) is 53.0 Å². The molecule has 2 heterocycles. The van der Waals surface area contributed by atoms with Gasteiger partial charge in [-0.15, -0.1) is 0 Å². The number of oxime groups is 1. The largest absolute Gasteiger partial charge is 0.411 e. The summed E-state index contributed by atoms with van der Waals surface area (Å²) in [5.41, 5.74) is 3.23. The summed E-state index contributed by atoms with van der Waals surface area (Å²) in [6.45, 7) is 3.90. The second-order valence-corrected chi connectivity index (χ2v) is 8.18. The number of amides is 1. The predicted octanol–water partition coefficient (Wildman–Crippen LogP) is 4.54. The molecule has 2 aromatic carbocycles. The average molecular weight is 466 g/mol. The van der Waals surface area contributed by atoms with E-state index in [-0.39, 0.29) is 17.9 Å². The van der Waals surface area contributed by atoms with Gasteiger partial charge in [0.05, 0.1) is 18.9 Å². The third-order valence-corrected chi connectivity index (χ3v) is 5.94. The van der Waals surface area contributed by atoms with E-state index in [0.29, 0.717) is 48.7 Å². The molecule has 0 saturated carbocycles. The minimum absolute atomic E-state index is 0.0933. The number of hydrogen-bond donors (Lipinski definition) is 1. The number of aromatic nitrogens is 1. The van der Waals surface area contributed by atoms with Gasteiger partial charge in [-0.25, -0.2) is 8.78 Å². The molecule has 8 heteroatoms. The van der Waals surface area contributed by atoms with Crippen LogP contribution in [0.3, 0.4) is 0 Å². The van der Waals surface area contributed by atoms with Crippen molar-refractivity contribution in [1.82, 2.24) is 9.88 Å². The van der Waals surface area contributed by atoms with E-state index in [1.54, 1.807) is 47.5 Å². The molecule has 1 saturated heterocycles. The second kappa shape index (κ2) is 10.5. The van der Waals surface area contributed by atoms with Gasteiger partial charge in [0.2, 0.25) is 0 Å². The van der Waals surface area contributed by atoms with Crippen molar-refractivity contribution in [2.75, 3.05) is 26.3 Å². The summed E-state index contributed by atoms with van der Waals surface area (Å²) in [5.74, 6) is -2.04. The zero-order chi connectivity index (χ0) is 24.1. The molecule has 0 aliphatic carbocycles. The Bertz CT molecular complexity index is 1190. The van der Waals surface area contributed by atoms with Crippen LogP contribution in [0.5, 0.6) is 0 Å². The second-order valence-electron chi connectivity index (χ2n) is 8.18. The number of rotatable bonds is 6. The third kappa shape index (κ3) is 5.28. The molecule has 1 aliphatic rings. The average Bonchev–Trinajstić information content (AvgIpc) is 2.86. The number of carbonyl (C=O) groups is 1. The van der Waals surface area contributed by atoms with Crippen LogP contribution >= 0.6 is 0 Å². The molecule has 1 atom stereocenters. The van der Waals surface area contributed by atoms with Crippen LogP contribution in [0, 0.1) is 18.6 Å². The Morgan fingerprint density at radius 3 is 2.47 bits per heavy atom. The zero-order valence-electron chi connectivity index (χ0n) is 18.7. The van der Waals surface area contributed by atoms with Crippen molar-refractivity contribution in [3.8, 4) is 0 Å². The molecule has 6 nitrogen and oxygen atoms in total. The smallest absolute Gasteiger partial charge is 0.254 e. The summed E-state index contributed by atoms with van der Waals surface area (Å²) in [6.07, 6.45) is 1.76. The number of hydrogen-bond acceptors (Lipinski definition) is 5. The van der Waals surface area contributed by atoms with Crippen molar-refractivity contribution in [1.29, 1.82) is 0 Å². The summed E-state index contributed by atoms with van der Waals surface area (Å²) in [6, 6.07) is 13.8. The summed E-state index contributed by atoms with van der Waals surface area (Å²) in [4.78, 5) is 18.7. The van der Waals surface area contributed by atoms with E-state index in [2.05, 4.69) is 10.1 Å². The lowest BCUT2D eigenvalue weighted by Crippen LogP contribution is -2.40. The number of pyridine rings is 1. The van der Waals surface area contributed by atoms with Crippen LogP contribution in [-0.2, 0) is 4.74 Å². The highest BCUT2D eigenvalue weighted by atomic mass is 19.1. The number of morpholine rings is 1. The molecule has 0 radical (unpaired) electrons. The Morgan fingerprint density at radius 1 is 1.09 bits per heavy atom. The lowest BCUT2D eigenvalue weighted by molar-refractivity contribution is 0.0303. The Hall–Kier alpha value is -3.65. The molecule has 1 aromatic heterocycles. The highest BCUT2D eigenvalue weighted by Gasteiger charge is 2.24. The van der Waals surface area contributed by atoms with E-state index in [9.17, 15) is 18.8 Å². The SMILES string of the molecule is Cc1cc(/C(CC(c2ccc(C(=O)N3CCOCC3)cc2)c2ccc(F)cc2F)=N\O)ccn1. The molecule has 4 rings (SSSR count). The lowest BCUT2D eigenvalue weighted by Gasteiger charge is -2.27. The summed E-state index contributed by atoms with van der Waals surface area (Å²) < 4.78 is 33.7. The fourth-order valence-corrected chi connectivity index (χ4v) is 4.13. The minimum Gasteiger partial charge on any atom is -0.411 e. The Kier molecular flexibility index (Phi) is 7.27. The number of halogens is 2. The minimum atomic E-state index is -0.693. The van der Waals surface area contributed by atoms with Crippen molar-refractivity contribution in [2.24, 2.45) is 5.16 Å². The fraction of sp³-hybridized carbons (Fsp3) is 0.269. The Labute approximate surface area is 196 Å². The Morgan fingerprint density at radius 2 is 1.82 bits per heavy atom. The van der Waals surface area contributed by atoms with Crippen LogP contribution in [0.1, 0.15) is 45.1 Å². The number of carbonyl (C=O) groups excluding carboxylic acids is 1. The van der Waals surface area contributed by atoms with Crippen molar-refractivity contribution < 1.29 is 23.5 Å². The van der Waals surface area contributed by atoms with Gasteiger partial charge in [-0.2, -0.15) is 0 Å². The lowest BCUT2D eigenvalue weighted by atomic mass is 9.84. The van der Waals surface area contributed by atoms with E-state index in [0.717, 1.165) is 11.8 Å². The van der Waals surface area contributed by atoms with Gasteiger partial charge in [-0.05, 0) is 48.4 Å². The number of aryl methyl sites for hydroxylation is 1. The van der Waals surface area contributed by atoms with Crippen LogP contribution < -0.4 is 0 Å². The number of nitrogens with zero attached hydrogens (tertiary/aromatic N) is 3. The van der Waals surface area contributed by atoms with Crippen LogP contribution in [0.4, 0.5) is 8.78 Å². The van der Waals surface area contributed by atoms with Crippen LogP contribution in [0.2, 0.25) is 0 Å². The van der Waals surface area contributed by atoms with E-state index < -0.39 is 17.6 Å². The normalized spacial score (nSPS) is 15.3. The molecule has 0 bridgehead atoms. The molecule has 34 heavy (non-hydrogen) atoms. The summed E-state index contributed by atoms with van der Waals surface area (Å²) >= 11 is 0. The van der Waals surface area contributed by atoms with Crippen molar-refractivity contribution >= 4 is 11.6 Å². The molecule has 1 N–H and O–H groups in total. The molecule has 1 amide bonds. The summed E-state index contributed by atoms with van der Waals surface area (Å²) in [5, 5.41) is 13.2. The molecule has 3 aromatic rings. The van der Waals surface area contributed by atoms with E-state index >= 15 is 0 Å². The quantitative estimate of drug-likeness (QED) is 0.330. The first-order chi connectivity index (χ1) is 16.5. The van der Waals surface area contributed by atoms with E-state index in [1.807, 2.05) is 6.92 Å². The van der Waals surface area contributed by atoms with Crippen LogP contribution in [0.25, 0.3) is 0 Å². The molecule has 1 aliphatic heterocycles. The predicted molar refractivity (Wildman–Crippen MR) is 123 cm³/mol. The molecular weight excluding hydrogens is 440 g/mol. The molecule has 1 fully saturated rings. The van der Waals surface area contributed by atoms with Gasteiger partial charge in [0, 0.05) is 54.5 Å². The van der Waals surface area contributed by atoms with E-state index in [1.165, 1.54) is 12.1 Å². The number of benzene rings is 2. The monoisotopic (exact) mass is 465 g/mol.